The van der Waals surface area contributed by atoms with Crippen LogP contribution in [-0.4, -0.2) is 22.1 Å². The molecule has 1 N–H and O–H groups in total. The Morgan fingerprint density at radius 3 is 2.81 bits per heavy atom. The summed E-state index contributed by atoms with van der Waals surface area (Å²) in [6, 6.07) is 12.9. The van der Waals surface area contributed by atoms with Crippen molar-refractivity contribution in [3.8, 4) is 0 Å². The molecule has 0 bridgehead atoms. The van der Waals surface area contributed by atoms with Crippen molar-refractivity contribution in [1.29, 1.82) is 0 Å². The highest BCUT2D eigenvalue weighted by atomic mass is 16.2. The summed E-state index contributed by atoms with van der Waals surface area (Å²) in [7, 11) is 0. The lowest BCUT2D eigenvalue weighted by atomic mass is 10.1. The number of aromatic nitrogens is 2. The first-order valence-electron chi connectivity index (χ1n) is 6.41. The molecule has 3 aromatic rings. The van der Waals surface area contributed by atoms with Crippen LogP contribution in [0, 0.1) is 0 Å². The van der Waals surface area contributed by atoms with Gasteiger partial charge in [0, 0.05) is 29.5 Å². The summed E-state index contributed by atoms with van der Waals surface area (Å²) < 4.78 is 0. The second-order valence-corrected chi connectivity index (χ2v) is 4.39. The SMILES string of the molecule is O=C(N/N=C/c1ccc2ncccc2c1)c1ccncc1. The first-order chi connectivity index (χ1) is 10.3. The summed E-state index contributed by atoms with van der Waals surface area (Å²) in [5.41, 5.74) is 4.82. The largest absolute Gasteiger partial charge is 0.271 e. The molecule has 0 aliphatic heterocycles. The third-order valence-electron chi connectivity index (χ3n) is 2.95. The van der Waals surface area contributed by atoms with Gasteiger partial charge in [-0.15, -0.1) is 0 Å². The van der Waals surface area contributed by atoms with Crippen molar-refractivity contribution in [3.05, 3.63) is 72.2 Å². The van der Waals surface area contributed by atoms with E-state index >= 15 is 0 Å². The van der Waals surface area contributed by atoms with Crippen LogP contribution in [0.5, 0.6) is 0 Å². The maximum Gasteiger partial charge on any atom is 0.271 e. The monoisotopic (exact) mass is 276 g/mol. The molecule has 3 rings (SSSR count). The first kappa shape index (κ1) is 12.9. The van der Waals surface area contributed by atoms with E-state index in [0.717, 1.165) is 16.5 Å². The fourth-order valence-electron chi connectivity index (χ4n) is 1.91. The molecule has 5 heteroatoms. The molecular formula is C16H12N4O. The highest BCUT2D eigenvalue weighted by molar-refractivity contribution is 5.95. The van der Waals surface area contributed by atoms with Gasteiger partial charge in [0.1, 0.15) is 0 Å². The predicted octanol–water partition coefficient (Wildman–Crippen LogP) is 2.39. The number of benzene rings is 1. The molecule has 2 heterocycles. The minimum absolute atomic E-state index is 0.267. The molecule has 0 aliphatic carbocycles. The molecule has 5 nitrogen and oxygen atoms in total. The van der Waals surface area contributed by atoms with Gasteiger partial charge in [0.2, 0.25) is 0 Å². The van der Waals surface area contributed by atoms with Gasteiger partial charge in [0.15, 0.2) is 0 Å². The highest BCUT2D eigenvalue weighted by Gasteiger charge is 2.02. The molecule has 0 atom stereocenters. The number of nitrogens with zero attached hydrogens (tertiary/aromatic N) is 3. The topological polar surface area (TPSA) is 67.2 Å². The standard InChI is InChI=1S/C16H12N4O/c21-16(13-5-8-17-9-6-13)20-19-11-12-3-4-15-14(10-12)2-1-7-18-15/h1-11H,(H,20,21)/b19-11+. The summed E-state index contributed by atoms with van der Waals surface area (Å²) >= 11 is 0. The van der Waals surface area contributed by atoms with Crippen LogP contribution in [0.3, 0.4) is 0 Å². The van der Waals surface area contributed by atoms with Crippen molar-refractivity contribution in [2.24, 2.45) is 5.10 Å². The Labute approximate surface area is 121 Å². The van der Waals surface area contributed by atoms with Crippen molar-refractivity contribution in [2.75, 3.05) is 0 Å². The molecule has 0 aliphatic rings. The van der Waals surface area contributed by atoms with Crippen LogP contribution < -0.4 is 5.43 Å². The molecule has 0 saturated heterocycles. The van der Waals surface area contributed by atoms with Crippen LogP contribution in [0.15, 0.2) is 66.2 Å². The summed E-state index contributed by atoms with van der Waals surface area (Å²) in [6.07, 6.45) is 6.49. The number of carbonyl (C=O) groups excluding carboxylic acids is 1. The fourth-order valence-corrected chi connectivity index (χ4v) is 1.91. The maximum atomic E-state index is 11.8. The Morgan fingerprint density at radius 2 is 1.95 bits per heavy atom. The molecule has 0 fully saturated rings. The average molecular weight is 276 g/mol. The molecule has 102 valence electrons. The number of hydrogen-bond donors (Lipinski definition) is 1. The molecule has 21 heavy (non-hydrogen) atoms. The van der Waals surface area contributed by atoms with Crippen LogP contribution in [0.2, 0.25) is 0 Å². The Morgan fingerprint density at radius 1 is 1.10 bits per heavy atom. The van der Waals surface area contributed by atoms with Gasteiger partial charge < -0.3 is 0 Å². The van der Waals surface area contributed by atoms with Gasteiger partial charge in [-0.3, -0.25) is 14.8 Å². The Hall–Kier alpha value is -3.08. The molecule has 1 amide bonds. The smallest absolute Gasteiger partial charge is 0.267 e. The van der Waals surface area contributed by atoms with Gasteiger partial charge in [0.25, 0.3) is 5.91 Å². The zero-order valence-corrected chi connectivity index (χ0v) is 11.1. The maximum absolute atomic E-state index is 11.8. The second-order valence-electron chi connectivity index (χ2n) is 4.39. The molecule has 0 saturated carbocycles. The van der Waals surface area contributed by atoms with E-state index in [1.807, 2.05) is 30.3 Å². The van der Waals surface area contributed by atoms with Crippen LogP contribution in [0.1, 0.15) is 15.9 Å². The molecule has 2 aromatic heterocycles. The van der Waals surface area contributed by atoms with Crippen molar-refractivity contribution in [3.63, 3.8) is 0 Å². The van der Waals surface area contributed by atoms with Crippen molar-refractivity contribution in [2.45, 2.75) is 0 Å². The number of pyridine rings is 2. The van der Waals surface area contributed by atoms with Gasteiger partial charge in [-0.05, 0) is 35.9 Å². The Balaban J connectivity index is 1.71. The molecule has 0 unspecified atom stereocenters. The Bertz CT molecular complexity index is 799. The molecule has 1 aromatic carbocycles. The van der Waals surface area contributed by atoms with Gasteiger partial charge in [-0.2, -0.15) is 5.10 Å². The van der Waals surface area contributed by atoms with Crippen molar-refractivity contribution in [1.82, 2.24) is 15.4 Å². The van der Waals surface area contributed by atoms with E-state index in [2.05, 4.69) is 20.5 Å². The lowest BCUT2D eigenvalue weighted by molar-refractivity contribution is 0.0955. The second kappa shape index (κ2) is 5.92. The minimum Gasteiger partial charge on any atom is -0.267 e. The number of nitrogens with one attached hydrogen (secondary N) is 1. The summed E-state index contributed by atoms with van der Waals surface area (Å²) in [5, 5.41) is 4.99. The van der Waals surface area contributed by atoms with E-state index in [1.165, 1.54) is 0 Å². The summed E-state index contributed by atoms with van der Waals surface area (Å²) in [4.78, 5) is 19.9. The number of fused-ring (bicyclic) bond motifs is 1. The van der Waals surface area contributed by atoms with Gasteiger partial charge >= 0.3 is 0 Å². The zero-order valence-electron chi connectivity index (χ0n) is 11.1. The molecule has 0 radical (unpaired) electrons. The third-order valence-corrected chi connectivity index (χ3v) is 2.95. The summed E-state index contributed by atoms with van der Waals surface area (Å²) in [6.45, 7) is 0. The zero-order chi connectivity index (χ0) is 14.5. The number of hydrogen-bond acceptors (Lipinski definition) is 4. The van der Waals surface area contributed by atoms with Crippen molar-refractivity contribution < 1.29 is 4.79 Å². The molecule has 0 spiro atoms. The lowest BCUT2D eigenvalue weighted by Crippen LogP contribution is -2.17. The van der Waals surface area contributed by atoms with Gasteiger partial charge in [-0.25, -0.2) is 5.43 Å². The average Bonchev–Trinajstić information content (AvgIpc) is 2.55. The number of hydrazone groups is 1. The normalized spacial score (nSPS) is 10.9. The first-order valence-corrected chi connectivity index (χ1v) is 6.41. The van der Waals surface area contributed by atoms with Crippen LogP contribution >= 0.6 is 0 Å². The van der Waals surface area contributed by atoms with E-state index < -0.39 is 0 Å². The number of rotatable bonds is 3. The van der Waals surface area contributed by atoms with Gasteiger partial charge in [0.05, 0.1) is 11.7 Å². The van der Waals surface area contributed by atoms with E-state index in [-0.39, 0.29) is 5.91 Å². The minimum atomic E-state index is -0.267. The van der Waals surface area contributed by atoms with E-state index in [1.54, 1.807) is 36.9 Å². The van der Waals surface area contributed by atoms with Crippen molar-refractivity contribution >= 4 is 23.0 Å². The van der Waals surface area contributed by atoms with Crippen LogP contribution in [0.4, 0.5) is 0 Å². The third kappa shape index (κ3) is 3.09. The van der Waals surface area contributed by atoms with Crippen LogP contribution in [-0.2, 0) is 0 Å². The van der Waals surface area contributed by atoms with E-state index in [9.17, 15) is 4.79 Å². The van der Waals surface area contributed by atoms with Gasteiger partial charge in [-0.1, -0.05) is 12.1 Å². The number of amides is 1. The highest BCUT2D eigenvalue weighted by Crippen LogP contribution is 2.11. The van der Waals surface area contributed by atoms with E-state index in [4.69, 9.17) is 0 Å². The summed E-state index contributed by atoms with van der Waals surface area (Å²) in [5.74, 6) is -0.267. The quantitative estimate of drug-likeness (QED) is 0.590. The van der Waals surface area contributed by atoms with E-state index in [0.29, 0.717) is 5.56 Å². The predicted molar refractivity (Wildman–Crippen MR) is 81.0 cm³/mol. The Kier molecular flexibility index (Phi) is 3.64. The molecular weight excluding hydrogens is 264 g/mol. The van der Waals surface area contributed by atoms with Crippen LogP contribution in [0.25, 0.3) is 10.9 Å². The lowest BCUT2D eigenvalue weighted by Gasteiger charge is -2.00. The fraction of sp³-hybridized carbons (Fsp3) is 0. The number of carbonyl (C=O) groups is 1.